The fraction of sp³-hybridized carbons (Fsp3) is 0.0556. The lowest BCUT2D eigenvalue weighted by atomic mass is 10.2. The summed E-state index contributed by atoms with van der Waals surface area (Å²) in [7, 11) is 0. The highest BCUT2D eigenvalue weighted by atomic mass is 79.9. The highest BCUT2D eigenvalue weighted by Gasteiger charge is 2.24. The summed E-state index contributed by atoms with van der Waals surface area (Å²) in [5.74, 6) is 0.164. The van der Waals surface area contributed by atoms with Crippen LogP contribution in [0.4, 0.5) is 28.1 Å². The number of aryl methyl sites for hydroxylation is 1. The molecular formula is C18H13BrN6O2S. The van der Waals surface area contributed by atoms with Gasteiger partial charge in [-0.15, -0.1) is 0 Å². The second-order valence-electron chi connectivity index (χ2n) is 5.90. The summed E-state index contributed by atoms with van der Waals surface area (Å²) in [6.07, 6.45) is 1.27. The Morgan fingerprint density at radius 2 is 1.86 bits per heavy atom. The molecule has 0 atom stereocenters. The maximum Gasteiger partial charge on any atom is 0.353 e. The summed E-state index contributed by atoms with van der Waals surface area (Å²) in [5.41, 5.74) is 2.34. The predicted octanol–water partition coefficient (Wildman–Crippen LogP) is 5.55. The summed E-state index contributed by atoms with van der Waals surface area (Å²) >= 11 is 4.82. The van der Waals surface area contributed by atoms with Crippen molar-refractivity contribution in [3.8, 4) is 0 Å². The average Bonchev–Trinajstić information content (AvgIpc) is 3.05. The number of nitro groups is 1. The standard InChI is InChI=1S/C18H13BrN6O2S/c1-10-6-7-13-14(8-10)28-18(23-13)24-17-15(25(26)27)16(20-9-21-17)22-12-5-3-2-4-11(12)19/h2-9H,1H3,(H2,20,21,22,23,24). The monoisotopic (exact) mass is 456 g/mol. The highest BCUT2D eigenvalue weighted by molar-refractivity contribution is 9.10. The number of nitrogens with one attached hydrogen (secondary N) is 2. The Bertz CT molecular complexity index is 1200. The van der Waals surface area contributed by atoms with Crippen LogP contribution in [0.2, 0.25) is 0 Å². The Morgan fingerprint density at radius 1 is 1.11 bits per heavy atom. The Balaban J connectivity index is 1.72. The molecule has 0 aliphatic rings. The van der Waals surface area contributed by atoms with E-state index in [-0.39, 0.29) is 17.3 Å². The van der Waals surface area contributed by atoms with Gasteiger partial charge >= 0.3 is 5.69 Å². The van der Waals surface area contributed by atoms with Gasteiger partial charge in [-0.1, -0.05) is 29.5 Å². The van der Waals surface area contributed by atoms with E-state index in [1.165, 1.54) is 17.7 Å². The van der Waals surface area contributed by atoms with Gasteiger partial charge in [0.25, 0.3) is 0 Å². The molecule has 2 heterocycles. The number of halogens is 1. The molecule has 4 rings (SSSR count). The summed E-state index contributed by atoms with van der Waals surface area (Å²) in [5, 5.41) is 18.2. The zero-order valence-corrected chi connectivity index (χ0v) is 16.9. The number of hydrogen-bond donors (Lipinski definition) is 2. The largest absolute Gasteiger partial charge is 0.353 e. The van der Waals surface area contributed by atoms with Gasteiger partial charge in [0, 0.05) is 4.47 Å². The first-order chi connectivity index (χ1) is 13.5. The van der Waals surface area contributed by atoms with Crippen LogP contribution in [0.1, 0.15) is 5.56 Å². The smallest absolute Gasteiger partial charge is 0.333 e. The summed E-state index contributed by atoms with van der Waals surface area (Å²) in [6, 6.07) is 13.2. The molecule has 8 nitrogen and oxygen atoms in total. The predicted molar refractivity (Wildman–Crippen MR) is 114 cm³/mol. The van der Waals surface area contributed by atoms with Crippen molar-refractivity contribution >= 4 is 65.6 Å². The van der Waals surface area contributed by atoms with Gasteiger partial charge in [0.1, 0.15) is 6.33 Å². The van der Waals surface area contributed by atoms with Crippen LogP contribution in [-0.4, -0.2) is 19.9 Å². The zero-order valence-electron chi connectivity index (χ0n) is 14.5. The topological polar surface area (TPSA) is 106 Å². The lowest BCUT2D eigenvalue weighted by Gasteiger charge is -2.10. The molecule has 0 aliphatic heterocycles. The second-order valence-corrected chi connectivity index (χ2v) is 7.78. The normalized spacial score (nSPS) is 10.8. The molecule has 2 aromatic heterocycles. The van der Waals surface area contributed by atoms with Gasteiger partial charge in [0.05, 0.1) is 20.8 Å². The molecule has 4 aromatic rings. The fourth-order valence-corrected chi connectivity index (χ4v) is 3.96. The van der Waals surface area contributed by atoms with Gasteiger partial charge < -0.3 is 10.6 Å². The number of rotatable bonds is 5. The molecule has 0 fully saturated rings. The van der Waals surface area contributed by atoms with E-state index >= 15 is 0 Å². The van der Waals surface area contributed by atoms with Crippen molar-refractivity contribution in [3.05, 3.63) is 68.9 Å². The molecular weight excluding hydrogens is 444 g/mol. The van der Waals surface area contributed by atoms with Crippen LogP contribution < -0.4 is 10.6 Å². The van der Waals surface area contributed by atoms with E-state index < -0.39 is 4.92 Å². The van der Waals surface area contributed by atoms with Crippen molar-refractivity contribution in [2.75, 3.05) is 10.6 Å². The molecule has 0 aliphatic carbocycles. The molecule has 0 saturated heterocycles. The van der Waals surface area contributed by atoms with E-state index in [4.69, 9.17) is 0 Å². The van der Waals surface area contributed by atoms with Crippen molar-refractivity contribution in [3.63, 3.8) is 0 Å². The highest BCUT2D eigenvalue weighted by Crippen LogP contribution is 2.36. The number of benzene rings is 2. The number of thiazole rings is 1. The van der Waals surface area contributed by atoms with E-state index in [1.807, 2.05) is 43.3 Å². The molecule has 0 amide bonds. The summed E-state index contributed by atoms with van der Waals surface area (Å²) in [4.78, 5) is 23.8. The third kappa shape index (κ3) is 3.64. The van der Waals surface area contributed by atoms with Crippen LogP contribution >= 0.6 is 27.3 Å². The Hall–Kier alpha value is -3.11. The number of para-hydroxylation sites is 1. The average molecular weight is 457 g/mol. The zero-order chi connectivity index (χ0) is 19.7. The van der Waals surface area contributed by atoms with Gasteiger partial charge in [0.15, 0.2) is 5.13 Å². The molecule has 0 radical (unpaired) electrons. The van der Waals surface area contributed by atoms with Gasteiger partial charge in [-0.2, -0.15) is 0 Å². The SMILES string of the molecule is Cc1ccc2nc(Nc3ncnc(Nc4ccccc4Br)c3[N+](=O)[O-])sc2c1. The van der Waals surface area contributed by atoms with E-state index in [0.717, 1.165) is 20.3 Å². The first-order valence-corrected chi connectivity index (χ1v) is 9.77. The number of aromatic nitrogens is 3. The fourth-order valence-electron chi connectivity index (χ4n) is 2.61. The van der Waals surface area contributed by atoms with Crippen LogP contribution in [0, 0.1) is 17.0 Å². The molecule has 28 heavy (non-hydrogen) atoms. The van der Waals surface area contributed by atoms with Crippen LogP contribution in [0.5, 0.6) is 0 Å². The Labute approximate surface area is 172 Å². The minimum absolute atomic E-state index is 0.0744. The van der Waals surface area contributed by atoms with Crippen molar-refractivity contribution in [1.29, 1.82) is 0 Å². The molecule has 0 spiro atoms. The van der Waals surface area contributed by atoms with Crippen molar-refractivity contribution in [2.24, 2.45) is 0 Å². The molecule has 0 saturated carbocycles. The van der Waals surface area contributed by atoms with E-state index in [1.54, 1.807) is 6.07 Å². The molecule has 2 aromatic carbocycles. The molecule has 0 unspecified atom stereocenters. The lowest BCUT2D eigenvalue weighted by molar-refractivity contribution is -0.383. The van der Waals surface area contributed by atoms with Crippen LogP contribution in [0.15, 0.2) is 53.3 Å². The Kier molecular flexibility index (Phi) is 4.88. The molecule has 10 heteroatoms. The van der Waals surface area contributed by atoms with Crippen molar-refractivity contribution in [1.82, 2.24) is 15.0 Å². The Morgan fingerprint density at radius 3 is 2.61 bits per heavy atom. The summed E-state index contributed by atoms with van der Waals surface area (Å²) < 4.78 is 1.75. The third-order valence-electron chi connectivity index (χ3n) is 3.90. The first-order valence-electron chi connectivity index (χ1n) is 8.16. The quantitative estimate of drug-likeness (QED) is 0.299. The van der Waals surface area contributed by atoms with Gasteiger partial charge in [0.2, 0.25) is 11.6 Å². The third-order valence-corrected chi connectivity index (χ3v) is 5.53. The number of nitrogens with zero attached hydrogens (tertiary/aromatic N) is 4. The number of fused-ring (bicyclic) bond motifs is 1. The minimum atomic E-state index is -0.515. The molecule has 2 N–H and O–H groups in total. The van der Waals surface area contributed by atoms with Crippen molar-refractivity contribution in [2.45, 2.75) is 6.92 Å². The van der Waals surface area contributed by atoms with Crippen LogP contribution in [0.3, 0.4) is 0 Å². The number of hydrogen-bond acceptors (Lipinski definition) is 8. The van der Waals surface area contributed by atoms with Crippen LogP contribution in [0.25, 0.3) is 10.2 Å². The van der Waals surface area contributed by atoms with Crippen LogP contribution in [-0.2, 0) is 0 Å². The second kappa shape index (κ2) is 7.49. The number of anilines is 4. The maximum atomic E-state index is 11.7. The first kappa shape index (κ1) is 18.3. The minimum Gasteiger partial charge on any atom is -0.333 e. The lowest BCUT2D eigenvalue weighted by Crippen LogP contribution is -2.05. The summed E-state index contributed by atoms with van der Waals surface area (Å²) in [6.45, 7) is 2.00. The van der Waals surface area contributed by atoms with Gasteiger partial charge in [-0.25, -0.2) is 15.0 Å². The van der Waals surface area contributed by atoms with Crippen molar-refractivity contribution < 1.29 is 4.92 Å². The molecule has 140 valence electrons. The van der Waals surface area contributed by atoms with E-state index in [2.05, 4.69) is 41.5 Å². The maximum absolute atomic E-state index is 11.7. The van der Waals surface area contributed by atoms with E-state index in [0.29, 0.717) is 10.8 Å². The van der Waals surface area contributed by atoms with Gasteiger partial charge in [-0.05, 0) is 52.7 Å². The van der Waals surface area contributed by atoms with Gasteiger partial charge in [-0.3, -0.25) is 10.1 Å². The van der Waals surface area contributed by atoms with E-state index in [9.17, 15) is 10.1 Å². The molecule has 0 bridgehead atoms.